The zero-order valence-electron chi connectivity index (χ0n) is 27.4. The highest BCUT2D eigenvalue weighted by atomic mass is 35.5. The zero-order valence-corrected chi connectivity index (χ0v) is 28.9. The molecule has 1 saturated heterocycles. The maximum Gasteiger partial charge on any atom is 0.315 e. The van der Waals surface area contributed by atoms with E-state index in [1.54, 1.807) is 4.90 Å². The average molecular weight is 699 g/mol. The highest BCUT2D eigenvalue weighted by Gasteiger charge is 2.28. The van der Waals surface area contributed by atoms with Gasteiger partial charge in [0.05, 0.1) is 17.3 Å². The Labute approximate surface area is 297 Å². The number of carbonyl (C=O) groups is 2. The summed E-state index contributed by atoms with van der Waals surface area (Å²) in [5, 5.41) is 9.83. The van der Waals surface area contributed by atoms with Crippen LogP contribution in [-0.4, -0.2) is 57.7 Å². The summed E-state index contributed by atoms with van der Waals surface area (Å²) in [5.74, 6) is 6.31. The van der Waals surface area contributed by atoms with Crippen LogP contribution in [0.2, 0.25) is 10.0 Å². The van der Waals surface area contributed by atoms with Crippen molar-refractivity contribution in [3.05, 3.63) is 110 Å². The van der Waals surface area contributed by atoms with Gasteiger partial charge in [0.2, 0.25) is 5.91 Å². The second-order valence-electron chi connectivity index (χ2n) is 12.8. The Morgan fingerprint density at radius 3 is 2.24 bits per heavy atom. The molecule has 1 aromatic heterocycles. The van der Waals surface area contributed by atoms with Gasteiger partial charge in [-0.05, 0) is 86.4 Å². The second-order valence-corrected chi connectivity index (χ2v) is 13.6. The number of piperidine rings is 1. The monoisotopic (exact) mass is 697 g/mol. The van der Waals surface area contributed by atoms with Gasteiger partial charge in [-0.3, -0.25) is 9.48 Å². The summed E-state index contributed by atoms with van der Waals surface area (Å²) in [5.41, 5.74) is 19.0. The fourth-order valence-electron chi connectivity index (χ4n) is 6.55. The number of nitrogens with zero attached hydrogens (tertiary/aromatic N) is 4. The Kier molecular flexibility index (Phi) is 11.2. The van der Waals surface area contributed by atoms with Crippen LogP contribution in [0, 0.1) is 17.8 Å². The first kappa shape index (κ1) is 34.5. The minimum atomic E-state index is -0.435. The number of fused-ring (bicyclic) bond motifs is 1. The predicted molar refractivity (Wildman–Crippen MR) is 194 cm³/mol. The molecule has 0 aliphatic carbocycles. The van der Waals surface area contributed by atoms with Gasteiger partial charge in [-0.2, -0.15) is 5.10 Å². The number of halogens is 2. The van der Waals surface area contributed by atoms with Crippen molar-refractivity contribution in [1.29, 1.82) is 0 Å². The first-order valence-corrected chi connectivity index (χ1v) is 17.5. The number of benzene rings is 3. The summed E-state index contributed by atoms with van der Waals surface area (Å²) in [6, 6.07) is 21.4. The summed E-state index contributed by atoms with van der Waals surface area (Å²) in [4.78, 5) is 27.7. The van der Waals surface area contributed by atoms with E-state index in [9.17, 15) is 9.59 Å². The van der Waals surface area contributed by atoms with Gasteiger partial charge in [0.15, 0.2) is 0 Å². The zero-order chi connectivity index (χ0) is 34.3. The lowest BCUT2D eigenvalue weighted by Crippen LogP contribution is -2.40. The summed E-state index contributed by atoms with van der Waals surface area (Å²) in [6.45, 7) is 5.90. The lowest BCUT2D eigenvalue weighted by atomic mass is 9.96. The lowest BCUT2D eigenvalue weighted by Gasteiger charge is -2.30. The first-order chi connectivity index (χ1) is 23.7. The number of hydrogen-bond donors (Lipinski definition) is 3. The molecule has 3 heterocycles. The number of nitrogens with two attached hydrogens (primary N) is 2. The van der Waals surface area contributed by atoms with Crippen molar-refractivity contribution in [3.8, 4) is 23.1 Å². The highest BCUT2D eigenvalue weighted by molar-refractivity contribution is 6.31. The van der Waals surface area contributed by atoms with Gasteiger partial charge >= 0.3 is 6.03 Å². The van der Waals surface area contributed by atoms with Gasteiger partial charge in [-0.1, -0.05) is 65.4 Å². The van der Waals surface area contributed by atoms with E-state index in [2.05, 4.69) is 38.9 Å². The normalized spacial score (nSPS) is 15.0. The summed E-state index contributed by atoms with van der Waals surface area (Å²) in [7, 11) is 0. The molecule has 5 N–H and O–H groups in total. The van der Waals surface area contributed by atoms with Gasteiger partial charge in [-0.15, -0.1) is 0 Å². The highest BCUT2D eigenvalue weighted by Crippen LogP contribution is 2.32. The van der Waals surface area contributed by atoms with Crippen LogP contribution >= 0.6 is 23.2 Å². The molecule has 3 aromatic carbocycles. The third-order valence-electron chi connectivity index (χ3n) is 9.39. The molecular weight excluding hydrogens is 657 g/mol. The second kappa shape index (κ2) is 15.9. The molecule has 2 aliphatic heterocycles. The van der Waals surface area contributed by atoms with Crippen LogP contribution in [0.3, 0.4) is 0 Å². The maximum absolute atomic E-state index is 12.1. The SMILES string of the molecule is NC(=O)C1CCN(CCCn2nc(-c3ccc(Cl)c(C#Cc4ccc(CNCc5ccc(Cl)cc5)cc4)c3)c3c2CCN(C(N)=O)C3)CC1. The number of nitrogens with one attached hydrogen (secondary N) is 1. The number of amides is 3. The molecule has 2 aliphatic rings. The smallest absolute Gasteiger partial charge is 0.315 e. The molecule has 0 saturated carbocycles. The number of aromatic nitrogens is 2. The van der Waals surface area contributed by atoms with Crippen molar-refractivity contribution >= 4 is 35.1 Å². The molecule has 49 heavy (non-hydrogen) atoms. The van der Waals surface area contributed by atoms with Gasteiger partial charge in [-0.25, -0.2) is 4.79 Å². The molecule has 0 unspecified atom stereocenters. The van der Waals surface area contributed by atoms with Crippen molar-refractivity contribution in [2.24, 2.45) is 17.4 Å². The van der Waals surface area contributed by atoms with Gasteiger partial charge < -0.3 is 26.6 Å². The van der Waals surface area contributed by atoms with E-state index in [4.69, 9.17) is 39.8 Å². The number of urea groups is 1. The molecule has 11 heteroatoms. The summed E-state index contributed by atoms with van der Waals surface area (Å²) >= 11 is 12.6. The molecule has 4 aromatic rings. The summed E-state index contributed by atoms with van der Waals surface area (Å²) in [6.07, 6.45) is 3.23. The van der Waals surface area contributed by atoms with Crippen LogP contribution in [0.1, 0.15) is 52.8 Å². The molecule has 254 valence electrons. The average Bonchev–Trinajstić information content (AvgIpc) is 3.47. The molecule has 3 amide bonds. The van der Waals surface area contributed by atoms with Crippen molar-refractivity contribution in [3.63, 3.8) is 0 Å². The molecule has 0 bridgehead atoms. The number of hydrogen-bond acceptors (Lipinski definition) is 5. The molecule has 9 nitrogen and oxygen atoms in total. The van der Waals surface area contributed by atoms with Crippen LogP contribution in [0.15, 0.2) is 66.7 Å². The minimum absolute atomic E-state index is 0.0148. The van der Waals surface area contributed by atoms with E-state index in [1.165, 1.54) is 5.56 Å². The topological polar surface area (TPSA) is 123 Å². The molecule has 6 rings (SSSR count). The third-order valence-corrected chi connectivity index (χ3v) is 9.97. The Balaban J connectivity index is 1.14. The molecular formula is C38H41Cl2N7O2. The van der Waals surface area contributed by atoms with Crippen molar-refractivity contribution in [1.82, 2.24) is 24.9 Å². The Bertz CT molecular complexity index is 1850. The van der Waals surface area contributed by atoms with Crippen molar-refractivity contribution < 1.29 is 9.59 Å². The first-order valence-electron chi connectivity index (χ1n) is 16.7. The fraction of sp³-hybridized carbons (Fsp3) is 0.342. The van der Waals surface area contributed by atoms with Gasteiger partial charge in [0, 0.05) is 71.5 Å². The maximum atomic E-state index is 12.1. The minimum Gasteiger partial charge on any atom is -0.369 e. The van der Waals surface area contributed by atoms with E-state index < -0.39 is 6.03 Å². The molecule has 0 spiro atoms. The van der Waals surface area contributed by atoms with Gasteiger partial charge in [0.1, 0.15) is 0 Å². The Morgan fingerprint density at radius 1 is 0.878 bits per heavy atom. The molecule has 1 fully saturated rings. The molecule has 0 radical (unpaired) electrons. The number of likely N-dealkylation sites (tertiary alicyclic amines) is 1. The Morgan fingerprint density at radius 2 is 1.57 bits per heavy atom. The molecule has 0 atom stereocenters. The number of primary amides is 2. The Hall–Kier alpha value is -4.33. The van der Waals surface area contributed by atoms with Gasteiger partial charge in [0.25, 0.3) is 0 Å². The lowest BCUT2D eigenvalue weighted by molar-refractivity contribution is -0.123. The number of aryl methyl sites for hydroxylation is 1. The van der Waals surface area contributed by atoms with Crippen LogP contribution in [0.4, 0.5) is 4.79 Å². The number of rotatable bonds is 10. The van der Waals surface area contributed by atoms with E-state index >= 15 is 0 Å². The van der Waals surface area contributed by atoms with Crippen LogP contribution in [0.25, 0.3) is 11.3 Å². The fourth-order valence-corrected chi connectivity index (χ4v) is 6.84. The predicted octanol–water partition coefficient (Wildman–Crippen LogP) is 5.57. The standard InChI is InChI=1S/C38H41Cl2N7O2/c39-32-11-7-28(8-12-32)24-43-23-27-4-2-26(3-5-27)6-9-30-22-31(10-13-34(30)40)36-33-25-46(38(42)49)21-16-35(33)47(44-36)18-1-17-45-19-14-29(15-20-45)37(41)48/h2-5,7-8,10-13,22,29,43H,1,14-21,23-25H2,(H2,41,48)(H2,42,49). The van der Waals surface area contributed by atoms with Crippen LogP contribution in [-0.2, 0) is 37.4 Å². The van der Waals surface area contributed by atoms with Crippen LogP contribution in [0.5, 0.6) is 0 Å². The largest absolute Gasteiger partial charge is 0.369 e. The van der Waals surface area contributed by atoms with E-state index in [-0.39, 0.29) is 11.8 Å². The van der Waals surface area contributed by atoms with E-state index in [1.807, 2.05) is 54.6 Å². The van der Waals surface area contributed by atoms with Crippen LogP contribution < -0.4 is 16.8 Å². The van der Waals surface area contributed by atoms with E-state index in [0.29, 0.717) is 30.1 Å². The number of carbonyl (C=O) groups excluding carboxylic acids is 2. The third kappa shape index (κ3) is 8.83. The summed E-state index contributed by atoms with van der Waals surface area (Å²) < 4.78 is 2.09. The van der Waals surface area contributed by atoms with E-state index in [0.717, 1.165) is 97.2 Å². The van der Waals surface area contributed by atoms with Crippen molar-refractivity contribution in [2.45, 2.75) is 51.9 Å². The quantitative estimate of drug-likeness (QED) is 0.187. The van der Waals surface area contributed by atoms with Crippen molar-refractivity contribution in [2.75, 3.05) is 26.2 Å².